The summed E-state index contributed by atoms with van der Waals surface area (Å²) >= 11 is 0. The Labute approximate surface area is 205 Å². The number of nitrogens with one attached hydrogen (secondary N) is 1. The number of amides is 2. The number of carbonyl (C=O) groups excluding carboxylic acids is 2. The van der Waals surface area contributed by atoms with Gasteiger partial charge in [0.2, 0.25) is 5.91 Å². The van der Waals surface area contributed by atoms with Crippen LogP contribution in [0.4, 0.5) is 4.39 Å². The van der Waals surface area contributed by atoms with Crippen molar-refractivity contribution < 1.29 is 14.0 Å². The van der Waals surface area contributed by atoms with Gasteiger partial charge in [0.25, 0.3) is 5.91 Å². The van der Waals surface area contributed by atoms with E-state index in [2.05, 4.69) is 4.99 Å². The molecule has 1 N–H and O–H groups in total. The molecule has 5 rings (SSSR count). The Hall–Kier alpha value is -3.35. The van der Waals surface area contributed by atoms with Crippen molar-refractivity contribution in [3.63, 3.8) is 0 Å². The van der Waals surface area contributed by atoms with E-state index in [1.807, 2.05) is 36.1 Å². The number of rotatable bonds is 6. The van der Waals surface area contributed by atoms with Crippen molar-refractivity contribution in [1.29, 1.82) is 5.41 Å². The SMILES string of the molecule is Cc1ccccc1C(=N)c1ccc(C2=NC(C)(C)C(=O)N2CC2CCN(C(=O)C3CC3)C2)c(F)c1. The number of hydrogen-bond donors (Lipinski definition) is 1. The first kappa shape index (κ1) is 23.4. The molecular weight excluding hydrogens is 443 g/mol. The number of aliphatic imine (C=N–C) groups is 1. The molecule has 2 heterocycles. The number of aryl methyl sites for hydroxylation is 1. The summed E-state index contributed by atoms with van der Waals surface area (Å²) in [6.45, 7) is 7.16. The maximum absolute atomic E-state index is 15.4. The lowest BCUT2D eigenvalue weighted by Crippen LogP contribution is -2.43. The second kappa shape index (κ2) is 8.70. The van der Waals surface area contributed by atoms with Crippen LogP contribution in [0.1, 0.15) is 55.4 Å². The molecule has 3 aliphatic rings. The van der Waals surface area contributed by atoms with E-state index in [0.29, 0.717) is 31.0 Å². The number of likely N-dealkylation sites (tertiary alicyclic amines) is 1. The molecular formula is C28H31FN4O2. The average molecular weight is 475 g/mol. The van der Waals surface area contributed by atoms with E-state index in [4.69, 9.17) is 5.41 Å². The van der Waals surface area contributed by atoms with Crippen LogP contribution in [0.2, 0.25) is 0 Å². The molecule has 35 heavy (non-hydrogen) atoms. The number of carbonyl (C=O) groups is 2. The van der Waals surface area contributed by atoms with Crippen molar-refractivity contribution in [2.24, 2.45) is 16.8 Å². The maximum Gasteiger partial charge on any atom is 0.255 e. The molecule has 0 aromatic heterocycles. The van der Waals surface area contributed by atoms with Crippen LogP contribution in [0.15, 0.2) is 47.5 Å². The molecule has 7 heteroatoms. The molecule has 2 fully saturated rings. The Morgan fingerprint density at radius 1 is 1.17 bits per heavy atom. The van der Waals surface area contributed by atoms with Crippen molar-refractivity contribution in [2.45, 2.75) is 45.6 Å². The van der Waals surface area contributed by atoms with Gasteiger partial charge in [0.15, 0.2) is 0 Å². The van der Waals surface area contributed by atoms with E-state index in [1.165, 1.54) is 6.07 Å². The van der Waals surface area contributed by atoms with Gasteiger partial charge < -0.3 is 4.90 Å². The standard InChI is InChI=1S/C28H31FN4O2/c1-17-6-4-5-7-21(17)24(30)20-10-11-22(23(29)14-20)25-31-28(2,3)27(35)33(25)16-18-12-13-32(15-18)26(34)19-8-9-19/h4-7,10-11,14,18-19,30H,8-9,12-13,15-16H2,1-3H3. The van der Waals surface area contributed by atoms with Crippen LogP contribution in [0.3, 0.4) is 0 Å². The van der Waals surface area contributed by atoms with Crippen LogP contribution < -0.4 is 0 Å². The molecule has 2 aliphatic heterocycles. The molecule has 0 bridgehead atoms. The second-order valence-electron chi connectivity index (χ2n) is 10.5. The number of hydrogen-bond acceptors (Lipinski definition) is 4. The number of amidine groups is 1. The molecule has 1 atom stereocenters. The summed E-state index contributed by atoms with van der Waals surface area (Å²) in [6.07, 6.45) is 2.78. The molecule has 182 valence electrons. The largest absolute Gasteiger partial charge is 0.342 e. The zero-order valence-corrected chi connectivity index (χ0v) is 20.5. The van der Waals surface area contributed by atoms with E-state index in [0.717, 1.165) is 30.4 Å². The molecule has 1 saturated heterocycles. The van der Waals surface area contributed by atoms with Gasteiger partial charge in [-0.3, -0.25) is 24.9 Å². The van der Waals surface area contributed by atoms with Crippen molar-refractivity contribution in [1.82, 2.24) is 9.80 Å². The molecule has 6 nitrogen and oxygen atoms in total. The summed E-state index contributed by atoms with van der Waals surface area (Å²) < 4.78 is 15.4. The lowest BCUT2D eigenvalue weighted by atomic mass is 9.97. The number of halogens is 1. The monoisotopic (exact) mass is 474 g/mol. The normalized spacial score (nSPS) is 21.4. The van der Waals surface area contributed by atoms with Gasteiger partial charge in [-0.05, 0) is 63.6 Å². The first-order chi connectivity index (χ1) is 16.7. The van der Waals surface area contributed by atoms with Gasteiger partial charge >= 0.3 is 0 Å². The fourth-order valence-corrected chi connectivity index (χ4v) is 5.06. The third kappa shape index (κ3) is 4.40. The predicted molar refractivity (Wildman–Crippen MR) is 133 cm³/mol. The van der Waals surface area contributed by atoms with E-state index in [9.17, 15) is 9.59 Å². The van der Waals surface area contributed by atoms with Crippen molar-refractivity contribution >= 4 is 23.4 Å². The highest BCUT2D eigenvalue weighted by molar-refractivity contribution is 6.16. The minimum Gasteiger partial charge on any atom is -0.342 e. The Morgan fingerprint density at radius 3 is 2.60 bits per heavy atom. The van der Waals surface area contributed by atoms with Gasteiger partial charge in [-0.1, -0.05) is 30.3 Å². The van der Waals surface area contributed by atoms with Gasteiger partial charge in [0.1, 0.15) is 17.2 Å². The quantitative estimate of drug-likeness (QED) is 0.638. The van der Waals surface area contributed by atoms with Crippen LogP contribution in [0.25, 0.3) is 0 Å². The van der Waals surface area contributed by atoms with Crippen LogP contribution in [0.5, 0.6) is 0 Å². The Kier molecular flexibility index (Phi) is 5.82. The zero-order valence-electron chi connectivity index (χ0n) is 20.5. The highest BCUT2D eigenvalue weighted by atomic mass is 19.1. The summed E-state index contributed by atoms with van der Waals surface area (Å²) in [7, 11) is 0. The molecule has 1 unspecified atom stereocenters. The minimum atomic E-state index is -0.976. The van der Waals surface area contributed by atoms with Gasteiger partial charge in [-0.2, -0.15) is 0 Å². The predicted octanol–water partition coefficient (Wildman–Crippen LogP) is 4.18. The molecule has 1 saturated carbocycles. The molecule has 0 radical (unpaired) electrons. The third-order valence-electron chi connectivity index (χ3n) is 7.29. The lowest BCUT2D eigenvalue weighted by Gasteiger charge is -2.25. The van der Waals surface area contributed by atoms with Gasteiger partial charge in [0.05, 0.1) is 11.3 Å². The second-order valence-corrected chi connectivity index (χ2v) is 10.5. The van der Waals surface area contributed by atoms with Gasteiger partial charge in [-0.25, -0.2) is 4.39 Å². The van der Waals surface area contributed by atoms with E-state index >= 15 is 4.39 Å². The molecule has 2 aromatic rings. The Balaban J connectivity index is 1.38. The zero-order chi connectivity index (χ0) is 24.9. The highest BCUT2D eigenvalue weighted by Gasteiger charge is 2.44. The van der Waals surface area contributed by atoms with Crippen molar-refractivity contribution in [2.75, 3.05) is 19.6 Å². The molecule has 2 aromatic carbocycles. The highest BCUT2D eigenvalue weighted by Crippen LogP contribution is 2.34. The smallest absolute Gasteiger partial charge is 0.255 e. The molecule has 2 amide bonds. The average Bonchev–Trinajstić information content (AvgIpc) is 3.53. The van der Waals surface area contributed by atoms with Gasteiger partial charge in [-0.15, -0.1) is 0 Å². The maximum atomic E-state index is 15.4. The van der Waals surface area contributed by atoms with Crippen molar-refractivity contribution in [3.05, 3.63) is 70.5 Å². The summed E-state index contributed by atoms with van der Waals surface area (Å²) in [4.78, 5) is 33.8. The van der Waals surface area contributed by atoms with Crippen LogP contribution in [-0.2, 0) is 9.59 Å². The summed E-state index contributed by atoms with van der Waals surface area (Å²) in [6, 6.07) is 12.2. The fourth-order valence-electron chi connectivity index (χ4n) is 5.06. The van der Waals surface area contributed by atoms with Crippen LogP contribution in [0, 0.1) is 30.0 Å². The van der Waals surface area contributed by atoms with Crippen LogP contribution >= 0.6 is 0 Å². The summed E-state index contributed by atoms with van der Waals surface area (Å²) in [5.74, 6) is 0.217. The minimum absolute atomic E-state index is 0.136. The summed E-state index contributed by atoms with van der Waals surface area (Å²) in [5.41, 5.74) is 1.71. The first-order valence-corrected chi connectivity index (χ1v) is 12.3. The summed E-state index contributed by atoms with van der Waals surface area (Å²) in [5, 5.41) is 8.57. The Bertz CT molecular complexity index is 1250. The van der Waals surface area contributed by atoms with Gasteiger partial charge in [0, 0.05) is 36.7 Å². The lowest BCUT2D eigenvalue weighted by molar-refractivity contribution is -0.131. The topological polar surface area (TPSA) is 76.8 Å². The van der Waals surface area contributed by atoms with E-state index in [-0.39, 0.29) is 34.9 Å². The third-order valence-corrected chi connectivity index (χ3v) is 7.29. The van der Waals surface area contributed by atoms with E-state index in [1.54, 1.807) is 30.9 Å². The molecule has 0 spiro atoms. The first-order valence-electron chi connectivity index (χ1n) is 12.3. The van der Waals surface area contributed by atoms with E-state index < -0.39 is 11.4 Å². The molecule has 1 aliphatic carbocycles. The Morgan fingerprint density at radius 2 is 1.91 bits per heavy atom. The van der Waals surface area contributed by atoms with Crippen LogP contribution in [-0.4, -0.2) is 58.3 Å². The number of nitrogens with zero attached hydrogens (tertiary/aromatic N) is 3. The number of benzene rings is 2. The fraction of sp³-hybridized carbons (Fsp3) is 0.429. The van der Waals surface area contributed by atoms with Crippen molar-refractivity contribution in [3.8, 4) is 0 Å².